The van der Waals surface area contributed by atoms with Gasteiger partial charge in [-0.1, -0.05) is 127 Å². The number of rotatable bonds is 12. The third-order valence-electron chi connectivity index (χ3n) is 7.97. The van der Waals surface area contributed by atoms with E-state index < -0.39 is 0 Å². The summed E-state index contributed by atoms with van der Waals surface area (Å²) in [6.45, 7) is 13.9. The lowest BCUT2D eigenvalue weighted by Crippen LogP contribution is -2.10. The van der Waals surface area contributed by atoms with Crippen LogP contribution in [0.5, 0.6) is 0 Å². The summed E-state index contributed by atoms with van der Waals surface area (Å²) in [6.07, 6.45) is 7.05. The van der Waals surface area contributed by atoms with E-state index in [1.807, 2.05) is 0 Å². The van der Waals surface area contributed by atoms with Crippen LogP contribution in [0.4, 0.5) is 0 Å². The molecule has 0 saturated carbocycles. The molecule has 0 aliphatic heterocycles. The molecule has 4 unspecified atom stereocenters. The molecule has 0 amide bonds. The Morgan fingerprint density at radius 1 is 0.500 bits per heavy atom. The van der Waals surface area contributed by atoms with Gasteiger partial charge in [0.2, 0.25) is 0 Å². The van der Waals surface area contributed by atoms with Gasteiger partial charge >= 0.3 is 0 Å². The monoisotopic (exact) mass is 454 g/mol. The highest BCUT2D eigenvalue weighted by atomic mass is 14.3. The van der Waals surface area contributed by atoms with E-state index in [0.29, 0.717) is 23.7 Å². The minimum absolute atomic E-state index is 0.451. The summed E-state index contributed by atoms with van der Waals surface area (Å²) in [5, 5.41) is 0. The molecule has 0 N–H and O–H groups in total. The molecular weight excluding hydrogens is 408 g/mol. The SMILES string of the molecule is CCc1ccc(C(CC(C)CC)c2cccc(C(CC(C)CC)c3ccc(CC)cc3)c2)cc1. The molecule has 0 saturated heterocycles. The molecule has 0 nitrogen and oxygen atoms in total. The molecule has 3 rings (SSSR count). The second-order valence-electron chi connectivity index (χ2n) is 10.5. The lowest BCUT2D eigenvalue weighted by Gasteiger charge is -2.25. The largest absolute Gasteiger partial charge is 0.0651 e. The van der Waals surface area contributed by atoms with Crippen LogP contribution in [0.25, 0.3) is 0 Å². The Hall–Kier alpha value is -2.34. The fourth-order valence-electron chi connectivity index (χ4n) is 5.03. The maximum absolute atomic E-state index is 2.53. The predicted molar refractivity (Wildman–Crippen MR) is 150 cm³/mol. The molecule has 3 aromatic rings. The van der Waals surface area contributed by atoms with Crippen molar-refractivity contribution in [2.24, 2.45) is 11.8 Å². The van der Waals surface area contributed by atoms with Crippen molar-refractivity contribution in [1.82, 2.24) is 0 Å². The first kappa shape index (κ1) is 26.3. The second kappa shape index (κ2) is 12.9. The van der Waals surface area contributed by atoms with E-state index in [2.05, 4.69) is 114 Å². The first-order valence-electron chi connectivity index (χ1n) is 13.8. The zero-order valence-corrected chi connectivity index (χ0v) is 22.5. The molecule has 4 atom stereocenters. The van der Waals surface area contributed by atoms with E-state index in [4.69, 9.17) is 0 Å². The maximum atomic E-state index is 2.53. The van der Waals surface area contributed by atoms with Crippen molar-refractivity contribution >= 4 is 0 Å². The Morgan fingerprint density at radius 3 is 1.21 bits per heavy atom. The van der Waals surface area contributed by atoms with Crippen molar-refractivity contribution in [3.63, 3.8) is 0 Å². The van der Waals surface area contributed by atoms with E-state index in [0.717, 1.165) is 12.8 Å². The van der Waals surface area contributed by atoms with Gasteiger partial charge in [0.1, 0.15) is 0 Å². The molecule has 0 heteroatoms. The van der Waals surface area contributed by atoms with Crippen molar-refractivity contribution in [1.29, 1.82) is 0 Å². The molecule has 0 spiro atoms. The molecular formula is C34H46. The zero-order valence-electron chi connectivity index (χ0n) is 22.5. The van der Waals surface area contributed by atoms with E-state index in [9.17, 15) is 0 Å². The minimum Gasteiger partial charge on any atom is -0.0651 e. The summed E-state index contributed by atoms with van der Waals surface area (Å²) in [4.78, 5) is 0. The third-order valence-corrected chi connectivity index (χ3v) is 7.97. The van der Waals surface area contributed by atoms with Gasteiger partial charge in [0.15, 0.2) is 0 Å². The Morgan fingerprint density at radius 2 is 0.882 bits per heavy atom. The predicted octanol–water partition coefficient (Wildman–Crippen LogP) is 9.95. The first-order valence-corrected chi connectivity index (χ1v) is 13.8. The smallest absolute Gasteiger partial charge is 0.00919 e. The molecule has 0 bridgehead atoms. The molecule has 0 aliphatic rings. The summed E-state index contributed by atoms with van der Waals surface area (Å²) in [5.41, 5.74) is 8.71. The highest BCUT2D eigenvalue weighted by Crippen LogP contribution is 2.37. The molecule has 0 heterocycles. The normalized spacial score (nSPS) is 15.0. The summed E-state index contributed by atoms with van der Waals surface area (Å²) in [6, 6.07) is 28.4. The van der Waals surface area contributed by atoms with Gasteiger partial charge in [-0.15, -0.1) is 0 Å². The number of hydrogen-bond acceptors (Lipinski definition) is 0. The topological polar surface area (TPSA) is 0 Å². The van der Waals surface area contributed by atoms with Gasteiger partial charge in [0.05, 0.1) is 0 Å². The van der Waals surface area contributed by atoms with Crippen LogP contribution in [-0.2, 0) is 12.8 Å². The number of aryl methyl sites for hydroxylation is 2. The van der Waals surface area contributed by atoms with E-state index in [1.54, 1.807) is 0 Å². The lowest BCUT2D eigenvalue weighted by atomic mass is 9.79. The van der Waals surface area contributed by atoms with Gasteiger partial charge in [-0.05, 0) is 70.9 Å². The summed E-state index contributed by atoms with van der Waals surface area (Å²) < 4.78 is 0. The van der Waals surface area contributed by atoms with Crippen molar-refractivity contribution in [2.45, 2.75) is 91.9 Å². The standard InChI is InChI=1S/C34H46/c1-7-25(5)22-33(29-18-14-27(9-3)15-19-29)31-12-11-13-32(24-31)34(23-26(6)8-2)30-20-16-28(10-4)17-21-30/h11-21,24-26,33-34H,7-10,22-23H2,1-6H3. The van der Waals surface area contributed by atoms with Gasteiger partial charge in [-0.3, -0.25) is 0 Å². The van der Waals surface area contributed by atoms with Gasteiger partial charge in [-0.2, -0.15) is 0 Å². The van der Waals surface area contributed by atoms with Gasteiger partial charge < -0.3 is 0 Å². The summed E-state index contributed by atoms with van der Waals surface area (Å²) in [7, 11) is 0. The fraction of sp³-hybridized carbons (Fsp3) is 0.471. The average Bonchev–Trinajstić information content (AvgIpc) is 2.90. The summed E-state index contributed by atoms with van der Waals surface area (Å²) >= 11 is 0. The quantitative estimate of drug-likeness (QED) is 0.255. The van der Waals surface area contributed by atoms with Gasteiger partial charge in [0, 0.05) is 11.8 Å². The van der Waals surface area contributed by atoms with Crippen LogP contribution in [0, 0.1) is 11.8 Å². The van der Waals surface area contributed by atoms with Crippen molar-refractivity contribution in [3.8, 4) is 0 Å². The molecule has 34 heavy (non-hydrogen) atoms. The van der Waals surface area contributed by atoms with Crippen LogP contribution in [0.2, 0.25) is 0 Å². The maximum Gasteiger partial charge on any atom is 0.00919 e. The Labute approximate surface area is 209 Å². The van der Waals surface area contributed by atoms with Crippen LogP contribution in [0.1, 0.15) is 112 Å². The van der Waals surface area contributed by atoms with Crippen LogP contribution in [0.3, 0.4) is 0 Å². The number of hydrogen-bond donors (Lipinski definition) is 0. The van der Waals surface area contributed by atoms with Gasteiger partial charge in [-0.25, -0.2) is 0 Å². The Bertz CT molecular complexity index is 901. The van der Waals surface area contributed by atoms with Crippen LogP contribution in [-0.4, -0.2) is 0 Å². The van der Waals surface area contributed by atoms with E-state index in [1.165, 1.54) is 59.1 Å². The van der Waals surface area contributed by atoms with Crippen molar-refractivity contribution in [3.05, 3.63) is 106 Å². The minimum atomic E-state index is 0.451. The van der Waals surface area contributed by atoms with E-state index in [-0.39, 0.29) is 0 Å². The van der Waals surface area contributed by atoms with E-state index >= 15 is 0 Å². The first-order chi connectivity index (χ1) is 16.5. The third kappa shape index (κ3) is 6.84. The molecule has 0 radical (unpaired) electrons. The Balaban J connectivity index is 2.01. The van der Waals surface area contributed by atoms with Crippen LogP contribution < -0.4 is 0 Å². The lowest BCUT2D eigenvalue weighted by molar-refractivity contribution is 0.479. The molecule has 3 aromatic carbocycles. The molecule has 0 aliphatic carbocycles. The second-order valence-corrected chi connectivity index (χ2v) is 10.5. The van der Waals surface area contributed by atoms with Crippen molar-refractivity contribution in [2.75, 3.05) is 0 Å². The number of benzene rings is 3. The van der Waals surface area contributed by atoms with Crippen LogP contribution in [0.15, 0.2) is 72.8 Å². The van der Waals surface area contributed by atoms with Crippen molar-refractivity contribution < 1.29 is 0 Å². The summed E-state index contributed by atoms with van der Waals surface area (Å²) in [5.74, 6) is 2.31. The van der Waals surface area contributed by atoms with Crippen LogP contribution >= 0.6 is 0 Å². The molecule has 0 fully saturated rings. The fourth-order valence-corrected chi connectivity index (χ4v) is 5.03. The highest BCUT2D eigenvalue weighted by Gasteiger charge is 2.21. The Kier molecular flexibility index (Phi) is 10.00. The average molecular weight is 455 g/mol. The zero-order chi connectivity index (χ0) is 24.5. The van der Waals surface area contributed by atoms with Gasteiger partial charge in [0.25, 0.3) is 0 Å². The molecule has 0 aromatic heterocycles. The highest BCUT2D eigenvalue weighted by molar-refractivity contribution is 5.40. The molecule has 182 valence electrons.